The van der Waals surface area contributed by atoms with E-state index in [4.69, 9.17) is 0 Å². The summed E-state index contributed by atoms with van der Waals surface area (Å²) in [5.74, 6) is 0.632. The zero-order chi connectivity index (χ0) is 12.7. The SMILES string of the molecule is C=C(/C=C\C(=C)[N+](=O)[O-])N(C)CCC(C)C. The van der Waals surface area contributed by atoms with Gasteiger partial charge in [-0.2, -0.15) is 0 Å². The van der Waals surface area contributed by atoms with Crippen molar-refractivity contribution in [2.45, 2.75) is 20.3 Å². The first-order valence-electron chi connectivity index (χ1n) is 5.26. The van der Waals surface area contributed by atoms with Crippen LogP contribution in [0.1, 0.15) is 20.3 Å². The lowest BCUT2D eigenvalue weighted by atomic mass is 10.1. The molecule has 0 amide bonds. The average molecular weight is 224 g/mol. The van der Waals surface area contributed by atoms with E-state index in [1.54, 1.807) is 6.08 Å². The molecule has 0 spiro atoms. The predicted molar refractivity (Wildman–Crippen MR) is 66.5 cm³/mol. The maximum absolute atomic E-state index is 10.3. The van der Waals surface area contributed by atoms with Gasteiger partial charge in [0.25, 0.3) is 5.70 Å². The summed E-state index contributed by atoms with van der Waals surface area (Å²) < 4.78 is 0. The Labute approximate surface area is 97.1 Å². The van der Waals surface area contributed by atoms with E-state index in [0.29, 0.717) is 5.92 Å². The van der Waals surface area contributed by atoms with Gasteiger partial charge >= 0.3 is 0 Å². The molecule has 0 fully saturated rings. The maximum Gasteiger partial charge on any atom is 0.262 e. The molecule has 4 heteroatoms. The topological polar surface area (TPSA) is 46.4 Å². The van der Waals surface area contributed by atoms with E-state index in [2.05, 4.69) is 27.0 Å². The molecular formula is C12H20N2O2. The predicted octanol–water partition coefficient (Wildman–Crippen LogP) is 2.82. The second kappa shape index (κ2) is 6.82. The molecule has 0 heterocycles. The maximum atomic E-state index is 10.3. The van der Waals surface area contributed by atoms with Crippen molar-refractivity contribution in [3.8, 4) is 0 Å². The number of hydrogen-bond acceptors (Lipinski definition) is 3. The van der Waals surface area contributed by atoms with Crippen molar-refractivity contribution in [1.82, 2.24) is 4.90 Å². The second-order valence-electron chi connectivity index (χ2n) is 4.18. The number of hydrogen-bond donors (Lipinski definition) is 0. The standard InChI is InChI=1S/C12H20N2O2/c1-10(2)8-9-13(5)11(3)6-7-12(4)14(15)16/h6-7,10H,3-4,8-9H2,1-2,5H3/b7-6-. The minimum Gasteiger partial charge on any atom is -0.375 e. The summed E-state index contributed by atoms with van der Waals surface area (Å²) in [4.78, 5) is 11.8. The molecule has 0 saturated carbocycles. The molecule has 0 rings (SSSR count). The van der Waals surface area contributed by atoms with Crippen LogP contribution in [0.5, 0.6) is 0 Å². The van der Waals surface area contributed by atoms with Crippen LogP contribution < -0.4 is 0 Å². The van der Waals surface area contributed by atoms with Crippen LogP contribution in [0.25, 0.3) is 0 Å². The largest absolute Gasteiger partial charge is 0.375 e. The molecule has 0 bridgehead atoms. The smallest absolute Gasteiger partial charge is 0.262 e. The van der Waals surface area contributed by atoms with Gasteiger partial charge in [-0.25, -0.2) is 0 Å². The Balaban J connectivity index is 4.15. The van der Waals surface area contributed by atoms with E-state index < -0.39 is 4.92 Å². The van der Waals surface area contributed by atoms with Gasteiger partial charge in [-0.15, -0.1) is 0 Å². The summed E-state index contributed by atoms with van der Waals surface area (Å²) in [5, 5.41) is 10.3. The van der Waals surface area contributed by atoms with Crippen molar-refractivity contribution < 1.29 is 4.92 Å². The first-order valence-corrected chi connectivity index (χ1v) is 5.26. The van der Waals surface area contributed by atoms with Crippen molar-refractivity contribution >= 4 is 0 Å². The molecule has 0 aliphatic heterocycles. The normalized spacial score (nSPS) is 10.8. The third-order valence-corrected chi connectivity index (χ3v) is 2.23. The fourth-order valence-corrected chi connectivity index (χ4v) is 0.976. The van der Waals surface area contributed by atoms with Crippen LogP contribution in [-0.4, -0.2) is 23.4 Å². The third kappa shape index (κ3) is 6.01. The molecular weight excluding hydrogens is 204 g/mol. The van der Waals surface area contributed by atoms with Gasteiger partial charge in [-0.05, 0) is 25.0 Å². The molecule has 4 nitrogen and oxygen atoms in total. The van der Waals surface area contributed by atoms with Crippen molar-refractivity contribution in [3.63, 3.8) is 0 Å². The summed E-state index contributed by atoms with van der Waals surface area (Å²) in [7, 11) is 1.92. The fraction of sp³-hybridized carbons (Fsp3) is 0.500. The van der Waals surface area contributed by atoms with Crippen molar-refractivity contribution in [3.05, 3.63) is 46.8 Å². The zero-order valence-electron chi connectivity index (χ0n) is 10.3. The highest BCUT2D eigenvalue weighted by Crippen LogP contribution is 2.07. The van der Waals surface area contributed by atoms with Gasteiger partial charge in [0.2, 0.25) is 0 Å². The van der Waals surface area contributed by atoms with Crippen LogP contribution in [0.4, 0.5) is 0 Å². The molecule has 0 aliphatic rings. The number of likely N-dealkylation sites (N-methyl/N-ethyl adjacent to an activating group) is 1. The van der Waals surface area contributed by atoms with Gasteiger partial charge in [0.15, 0.2) is 0 Å². The highest BCUT2D eigenvalue weighted by Gasteiger charge is 2.03. The minimum atomic E-state index is -0.516. The molecule has 0 unspecified atom stereocenters. The lowest BCUT2D eigenvalue weighted by molar-refractivity contribution is -0.418. The molecule has 0 aromatic heterocycles. The molecule has 0 aromatic rings. The van der Waals surface area contributed by atoms with Crippen LogP contribution in [0, 0.1) is 16.0 Å². The van der Waals surface area contributed by atoms with Gasteiger partial charge in [-0.1, -0.05) is 20.4 Å². The lowest BCUT2D eigenvalue weighted by Crippen LogP contribution is -2.18. The highest BCUT2D eigenvalue weighted by atomic mass is 16.6. The second-order valence-corrected chi connectivity index (χ2v) is 4.18. The van der Waals surface area contributed by atoms with Gasteiger partial charge in [0.05, 0.1) is 4.92 Å². The molecule has 0 N–H and O–H groups in total. The molecule has 16 heavy (non-hydrogen) atoms. The van der Waals surface area contributed by atoms with Gasteiger partial charge in [0, 0.05) is 25.4 Å². The lowest BCUT2D eigenvalue weighted by Gasteiger charge is -2.20. The summed E-state index contributed by atoms with van der Waals surface area (Å²) in [5.41, 5.74) is 0.627. The van der Waals surface area contributed by atoms with E-state index in [1.165, 1.54) is 6.08 Å². The van der Waals surface area contributed by atoms with E-state index >= 15 is 0 Å². The van der Waals surface area contributed by atoms with Crippen LogP contribution in [0.15, 0.2) is 36.7 Å². The molecule has 90 valence electrons. The van der Waals surface area contributed by atoms with E-state index in [1.807, 2.05) is 11.9 Å². The number of rotatable bonds is 7. The summed E-state index contributed by atoms with van der Waals surface area (Å²) >= 11 is 0. The number of nitro groups is 1. The number of nitrogens with zero attached hydrogens (tertiary/aromatic N) is 2. The zero-order valence-corrected chi connectivity index (χ0v) is 10.3. The Kier molecular flexibility index (Phi) is 6.15. The Bertz CT molecular complexity index is 306. The summed E-state index contributed by atoms with van der Waals surface area (Å²) in [6.45, 7) is 12.4. The molecule has 0 atom stereocenters. The molecule has 0 aliphatic carbocycles. The molecule has 0 saturated heterocycles. The fourth-order valence-electron chi connectivity index (χ4n) is 0.976. The number of allylic oxidation sites excluding steroid dienone is 2. The van der Waals surface area contributed by atoms with Crippen LogP contribution in [-0.2, 0) is 0 Å². The monoisotopic (exact) mass is 224 g/mol. The first-order chi connectivity index (χ1) is 7.34. The Morgan fingerprint density at radius 2 is 2.00 bits per heavy atom. The Morgan fingerprint density at radius 3 is 2.44 bits per heavy atom. The first kappa shape index (κ1) is 14.4. The van der Waals surface area contributed by atoms with Gasteiger partial charge < -0.3 is 4.90 Å². The van der Waals surface area contributed by atoms with Crippen LogP contribution >= 0.6 is 0 Å². The summed E-state index contributed by atoms with van der Waals surface area (Å²) in [6, 6.07) is 0. The van der Waals surface area contributed by atoms with Crippen LogP contribution in [0.3, 0.4) is 0 Å². The van der Waals surface area contributed by atoms with E-state index in [0.717, 1.165) is 18.7 Å². The van der Waals surface area contributed by atoms with Crippen LogP contribution in [0.2, 0.25) is 0 Å². The highest BCUT2D eigenvalue weighted by molar-refractivity contribution is 5.19. The minimum absolute atomic E-state index is 0.126. The quantitative estimate of drug-likeness (QED) is 0.379. The van der Waals surface area contributed by atoms with Crippen molar-refractivity contribution in [2.24, 2.45) is 5.92 Å². The molecule has 0 aromatic carbocycles. The average Bonchev–Trinajstić information content (AvgIpc) is 2.21. The third-order valence-electron chi connectivity index (χ3n) is 2.23. The molecule has 0 radical (unpaired) electrons. The van der Waals surface area contributed by atoms with E-state index in [-0.39, 0.29) is 5.70 Å². The van der Waals surface area contributed by atoms with Gasteiger partial charge in [-0.3, -0.25) is 10.1 Å². The van der Waals surface area contributed by atoms with Gasteiger partial charge in [0.1, 0.15) is 0 Å². The van der Waals surface area contributed by atoms with Crippen molar-refractivity contribution in [2.75, 3.05) is 13.6 Å². The Hall–Kier alpha value is -1.58. The van der Waals surface area contributed by atoms with E-state index in [9.17, 15) is 10.1 Å². The Morgan fingerprint density at radius 1 is 1.44 bits per heavy atom. The van der Waals surface area contributed by atoms with Crippen molar-refractivity contribution in [1.29, 1.82) is 0 Å². The summed E-state index contributed by atoms with van der Waals surface area (Å²) in [6.07, 6.45) is 4.05.